The van der Waals surface area contributed by atoms with E-state index in [1.54, 1.807) is 0 Å². The number of fused-ring (bicyclic) bond motifs is 1. The summed E-state index contributed by atoms with van der Waals surface area (Å²) in [5.41, 5.74) is 4.71. The highest BCUT2D eigenvalue weighted by atomic mass is 19.3. The second-order valence-corrected chi connectivity index (χ2v) is 7.55. The van der Waals surface area contributed by atoms with E-state index in [2.05, 4.69) is 11.9 Å². The Kier molecular flexibility index (Phi) is 5.18. The normalized spacial score (nSPS) is 16.4. The third-order valence-corrected chi connectivity index (χ3v) is 5.17. The molecule has 1 saturated heterocycles. The molecule has 0 saturated carbocycles. The fourth-order valence-corrected chi connectivity index (χ4v) is 3.65. The summed E-state index contributed by atoms with van der Waals surface area (Å²) in [4.78, 5) is 11.5. The molecule has 6 heteroatoms. The number of rotatable bonds is 4. The molecule has 3 aromatic rings. The van der Waals surface area contributed by atoms with Gasteiger partial charge in [-0.2, -0.15) is 0 Å². The molecule has 0 spiro atoms. The van der Waals surface area contributed by atoms with Crippen molar-refractivity contribution in [1.82, 2.24) is 9.97 Å². The third kappa shape index (κ3) is 4.36. The van der Waals surface area contributed by atoms with Gasteiger partial charge in [0, 0.05) is 31.6 Å². The Morgan fingerprint density at radius 1 is 1.03 bits per heavy atom. The van der Waals surface area contributed by atoms with Crippen molar-refractivity contribution in [3.05, 3.63) is 66.4 Å². The Hall–Kier alpha value is -3.02. The van der Waals surface area contributed by atoms with E-state index in [9.17, 15) is 8.78 Å². The SMILES string of the molecule is C=C(Nc1cccc(C)c1)c1nc2ccccc2nc1N1CCCC(F)(F)CC1. The van der Waals surface area contributed by atoms with Crippen molar-refractivity contribution >= 4 is 28.2 Å². The fraction of sp³-hybridized carbons (Fsp3) is 0.304. The Bertz CT molecular complexity index is 1050. The lowest BCUT2D eigenvalue weighted by molar-refractivity contribution is -0.0102. The molecular weight excluding hydrogens is 370 g/mol. The number of anilines is 2. The fourth-order valence-electron chi connectivity index (χ4n) is 3.65. The van der Waals surface area contributed by atoms with Crippen LogP contribution >= 0.6 is 0 Å². The predicted octanol–water partition coefficient (Wildman–Crippen LogP) is 5.65. The molecule has 0 bridgehead atoms. The number of hydrogen-bond acceptors (Lipinski definition) is 4. The summed E-state index contributed by atoms with van der Waals surface area (Å²) < 4.78 is 27.8. The number of hydrogen-bond donors (Lipinski definition) is 1. The van der Waals surface area contributed by atoms with E-state index in [0.29, 0.717) is 30.2 Å². The first-order chi connectivity index (χ1) is 13.9. The Balaban J connectivity index is 1.73. The highest BCUT2D eigenvalue weighted by Gasteiger charge is 2.33. The summed E-state index contributed by atoms with van der Waals surface area (Å²) in [6.45, 7) is 6.96. The van der Waals surface area contributed by atoms with Gasteiger partial charge in [0.25, 0.3) is 0 Å². The first-order valence-electron chi connectivity index (χ1n) is 9.84. The number of aromatic nitrogens is 2. The maximum atomic E-state index is 13.9. The molecule has 1 aliphatic heterocycles. The summed E-state index contributed by atoms with van der Waals surface area (Å²) in [7, 11) is 0. The van der Waals surface area contributed by atoms with Crippen LogP contribution in [0.4, 0.5) is 20.3 Å². The van der Waals surface area contributed by atoms with Crippen molar-refractivity contribution in [2.24, 2.45) is 0 Å². The Morgan fingerprint density at radius 3 is 2.55 bits per heavy atom. The van der Waals surface area contributed by atoms with Crippen molar-refractivity contribution < 1.29 is 8.78 Å². The number of nitrogens with one attached hydrogen (secondary N) is 1. The first-order valence-corrected chi connectivity index (χ1v) is 9.84. The smallest absolute Gasteiger partial charge is 0.249 e. The zero-order valence-electron chi connectivity index (χ0n) is 16.5. The summed E-state index contributed by atoms with van der Waals surface area (Å²) in [5.74, 6) is -2.03. The predicted molar refractivity (Wildman–Crippen MR) is 114 cm³/mol. The van der Waals surface area contributed by atoms with Crippen LogP contribution in [0.25, 0.3) is 16.7 Å². The van der Waals surface area contributed by atoms with Gasteiger partial charge in [-0.05, 0) is 43.2 Å². The van der Waals surface area contributed by atoms with Crippen LogP contribution in [0, 0.1) is 6.92 Å². The van der Waals surface area contributed by atoms with E-state index >= 15 is 0 Å². The molecule has 1 N–H and O–H groups in total. The first kappa shape index (κ1) is 19.3. The molecule has 0 aliphatic carbocycles. The van der Waals surface area contributed by atoms with Crippen LogP contribution in [-0.2, 0) is 0 Å². The monoisotopic (exact) mass is 394 g/mol. The van der Waals surface area contributed by atoms with Gasteiger partial charge >= 0.3 is 0 Å². The van der Waals surface area contributed by atoms with Gasteiger partial charge in [-0.3, -0.25) is 0 Å². The lowest BCUT2D eigenvalue weighted by Crippen LogP contribution is -2.28. The minimum atomic E-state index is -2.63. The highest BCUT2D eigenvalue weighted by Crippen LogP contribution is 2.32. The van der Waals surface area contributed by atoms with Crippen molar-refractivity contribution in [3.8, 4) is 0 Å². The molecule has 150 valence electrons. The summed E-state index contributed by atoms with van der Waals surface area (Å²) in [5, 5.41) is 3.30. The van der Waals surface area contributed by atoms with Gasteiger partial charge in [-0.25, -0.2) is 18.7 Å². The van der Waals surface area contributed by atoms with Gasteiger partial charge in [0.05, 0.1) is 16.7 Å². The van der Waals surface area contributed by atoms with Crippen LogP contribution in [0.1, 0.15) is 30.5 Å². The van der Waals surface area contributed by atoms with E-state index < -0.39 is 5.92 Å². The molecule has 1 aromatic heterocycles. The number of nitrogens with zero attached hydrogens (tertiary/aromatic N) is 3. The summed E-state index contributed by atoms with van der Waals surface area (Å²) in [6, 6.07) is 15.6. The zero-order chi connectivity index (χ0) is 20.4. The van der Waals surface area contributed by atoms with Crippen LogP contribution in [-0.4, -0.2) is 29.0 Å². The lowest BCUT2D eigenvalue weighted by Gasteiger charge is -2.25. The van der Waals surface area contributed by atoms with Gasteiger partial charge in [0.1, 0.15) is 5.69 Å². The van der Waals surface area contributed by atoms with Gasteiger partial charge in [0.2, 0.25) is 5.92 Å². The third-order valence-electron chi connectivity index (χ3n) is 5.17. The maximum absolute atomic E-state index is 13.9. The molecule has 2 heterocycles. The average molecular weight is 394 g/mol. The van der Waals surface area contributed by atoms with Crippen LogP contribution in [0.2, 0.25) is 0 Å². The molecular formula is C23H24F2N4. The van der Waals surface area contributed by atoms with Crippen LogP contribution in [0.3, 0.4) is 0 Å². The van der Waals surface area contributed by atoms with Crippen molar-refractivity contribution in [3.63, 3.8) is 0 Å². The largest absolute Gasteiger partial charge is 0.355 e. The van der Waals surface area contributed by atoms with Crippen molar-refractivity contribution in [1.29, 1.82) is 0 Å². The minimum Gasteiger partial charge on any atom is -0.355 e. The molecule has 0 atom stereocenters. The van der Waals surface area contributed by atoms with E-state index in [0.717, 1.165) is 22.3 Å². The lowest BCUT2D eigenvalue weighted by atomic mass is 10.1. The molecule has 4 nitrogen and oxygen atoms in total. The Labute approximate surface area is 169 Å². The molecule has 0 amide bonds. The Morgan fingerprint density at radius 2 is 1.79 bits per heavy atom. The summed E-state index contributed by atoms with van der Waals surface area (Å²) >= 11 is 0. The van der Waals surface area contributed by atoms with E-state index in [1.165, 1.54) is 0 Å². The molecule has 2 aromatic carbocycles. The molecule has 1 fully saturated rings. The van der Waals surface area contributed by atoms with E-state index in [4.69, 9.17) is 9.97 Å². The quantitative estimate of drug-likeness (QED) is 0.621. The number of halogens is 2. The minimum absolute atomic E-state index is 0.0949. The van der Waals surface area contributed by atoms with Crippen LogP contribution < -0.4 is 10.2 Å². The van der Waals surface area contributed by atoms with E-state index in [-0.39, 0.29) is 19.4 Å². The standard InChI is InChI=1S/C23H24F2N4/c1-16-7-5-8-18(15-16)26-17(2)21-22(28-20-10-4-3-9-19(20)27-21)29-13-6-11-23(24,25)12-14-29/h3-5,7-10,15,26H,2,6,11-14H2,1H3. The highest BCUT2D eigenvalue weighted by molar-refractivity contribution is 5.85. The van der Waals surface area contributed by atoms with Gasteiger partial charge in [-0.1, -0.05) is 30.8 Å². The van der Waals surface area contributed by atoms with Gasteiger partial charge in [0.15, 0.2) is 5.82 Å². The van der Waals surface area contributed by atoms with Gasteiger partial charge in [-0.15, -0.1) is 0 Å². The second-order valence-electron chi connectivity index (χ2n) is 7.55. The second kappa shape index (κ2) is 7.78. The summed E-state index contributed by atoms with van der Waals surface area (Å²) in [6.07, 6.45) is 0.139. The molecule has 29 heavy (non-hydrogen) atoms. The molecule has 0 radical (unpaired) electrons. The van der Waals surface area contributed by atoms with Gasteiger partial charge < -0.3 is 10.2 Å². The van der Waals surface area contributed by atoms with Crippen molar-refractivity contribution in [2.45, 2.75) is 32.1 Å². The zero-order valence-corrected chi connectivity index (χ0v) is 16.5. The number of para-hydroxylation sites is 2. The molecule has 0 unspecified atom stereocenters. The molecule has 4 rings (SSSR count). The van der Waals surface area contributed by atoms with Crippen LogP contribution in [0.15, 0.2) is 55.1 Å². The van der Waals surface area contributed by atoms with Crippen LogP contribution in [0.5, 0.6) is 0 Å². The van der Waals surface area contributed by atoms with E-state index in [1.807, 2.05) is 60.4 Å². The maximum Gasteiger partial charge on any atom is 0.249 e. The number of alkyl halides is 2. The number of benzene rings is 2. The average Bonchev–Trinajstić information content (AvgIpc) is 2.87. The number of aryl methyl sites for hydroxylation is 1. The topological polar surface area (TPSA) is 41.1 Å². The molecule has 1 aliphatic rings. The van der Waals surface area contributed by atoms with Crippen molar-refractivity contribution in [2.75, 3.05) is 23.3 Å².